The molecule has 2 aromatic carbocycles. The van der Waals surface area contributed by atoms with Crippen molar-refractivity contribution in [3.8, 4) is 0 Å². The second kappa shape index (κ2) is 7.97. The Kier molecular flexibility index (Phi) is 5.67. The maximum atomic E-state index is 5.15. The molecule has 2 aromatic rings. The van der Waals surface area contributed by atoms with Crippen molar-refractivity contribution < 1.29 is 0 Å². The average molecular weight is 295 g/mol. The molecule has 0 aliphatic carbocycles. The molecule has 0 fully saturated rings. The summed E-state index contributed by atoms with van der Waals surface area (Å²) in [4.78, 5) is 0. The number of rotatable bonds is 4. The predicted molar refractivity (Wildman–Crippen MR) is 94.5 cm³/mol. The number of anilines is 1. The quantitative estimate of drug-likeness (QED) is 0.509. The van der Waals surface area contributed by atoms with Crippen LogP contribution in [-0.2, 0) is 0 Å². The van der Waals surface area contributed by atoms with Crippen molar-refractivity contribution in [2.75, 3.05) is 5.32 Å². The van der Waals surface area contributed by atoms with Gasteiger partial charge in [0.15, 0.2) is 5.11 Å². The van der Waals surface area contributed by atoms with Crippen molar-refractivity contribution in [3.05, 3.63) is 71.8 Å². The number of allylic oxidation sites excluding steroid dienone is 1. The van der Waals surface area contributed by atoms with Gasteiger partial charge in [0.25, 0.3) is 0 Å². The number of hydrogen-bond acceptors (Lipinski definition) is 2. The van der Waals surface area contributed by atoms with Crippen LogP contribution in [0.2, 0.25) is 0 Å². The number of hydrazone groups is 1. The van der Waals surface area contributed by atoms with E-state index in [2.05, 4.69) is 15.8 Å². The van der Waals surface area contributed by atoms with Crippen molar-refractivity contribution in [1.82, 2.24) is 5.43 Å². The van der Waals surface area contributed by atoms with Gasteiger partial charge >= 0.3 is 0 Å². The standard InChI is InChI=1S/C17H17N3S/c1-14-9-11-16(12-10-14)19-17(21)20-18-13-5-8-15-6-3-2-4-7-15/h2-13H,1H3,(H2,19,20,21)/b8-5+,18-13-. The van der Waals surface area contributed by atoms with Gasteiger partial charge in [-0.15, -0.1) is 0 Å². The van der Waals surface area contributed by atoms with Gasteiger partial charge in [-0.1, -0.05) is 54.1 Å². The maximum Gasteiger partial charge on any atom is 0.191 e. The van der Waals surface area contributed by atoms with Crippen LogP contribution >= 0.6 is 12.2 Å². The highest BCUT2D eigenvalue weighted by molar-refractivity contribution is 7.80. The highest BCUT2D eigenvalue weighted by Crippen LogP contribution is 2.08. The van der Waals surface area contributed by atoms with E-state index in [-0.39, 0.29) is 0 Å². The SMILES string of the molecule is Cc1ccc(NC(=S)N/N=C\C=C\c2ccccc2)cc1. The molecule has 0 saturated heterocycles. The predicted octanol–water partition coefficient (Wildman–Crippen LogP) is 3.98. The topological polar surface area (TPSA) is 36.4 Å². The van der Waals surface area contributed by atoms with E-state index in [0.717, 1.165) is 11.3 Å². The third kappa shape index (κ3) is 5.58. The number of aryl methyl sites for hydroxylation is 1. The summed E-state index contributed by atoms with van der Waals surface area (Å²) in [5.74, 6) is 0. The molecule has 21 heavy (non-hydrogen) atoms. The lowest BCUT2D eigenvalue weighted by molar-refractivity contribution is 1.05. The van der Waals surface area contributed by atoms with Gasteiger partial charge in [0.05, 0.1) is 0 Å². The van der Waals surface area contributed by atoms with E-state index in [0.29, 0.717) is 5.11 Å². The molecule has 0 radical (unpaired) electrons. The van der Waals surface area contributed by atoms with E-state index in [4.69, 9.17) is 12.2 Å². The molecule has 0 saturated carbocycles. The minimum Gasteiger partial charge on any atom is -0.331 e. The lowest BCUT2D eigenvalue weighted by Crippen LogP contribution is -2.23. The molecule has 0 heterocycles. The first-order valence-corrected chi connectivity index (χ1v) is 7.03. The Hall–Kier alpha value is -2.46. The monoisotopic (exact) mass is 295 g/mol. The second-order valence-corrected chi connectivity index (χ2v) is 4.89. The molecule has 0 aliphatic rings. The van der Waals surface area contributed by atoms with Crippen LogP contribution < -0.4 is 10.7 Å². The molecule has 0 aromatic heterocycles. The molecule has 0 aliphatic heterocycles. The molecule has 106 valence electrons. The van der Waals surface area contributed by atoms with Gasteiger partial charge in [0.1, 0.15) is 0 Å². The van der Waals surface area contributed by atoms with Crippen LogP contribution in [0.1, 0.15) is 11.1 Å². The van der Waals surface area contributed by atoms with E-state index in [9.17, 15) is 0 Å². The molecular formula is C17H17N3S. The fourth-order valence-electron chi connectivity index (χ4n) is 1.65. The summed E-state index contributed by atoms with van der Waals surface area (Å²) in [5.41, 5.74) is 6.05. The Morgan fingerprint density at radius 1 is 1.05 bits per heavy atom. The van der Waals surface area contributed by atoms with Crippen molar-refractivity contribution in [1.29, 1.82) is 0 Å². The fraction of sp³-hybridized carbons (Fsp3) is 0.0588. The van der Waals surface area contributed by atoms with Gasteiger partial charge in [-0.25, -0.2) is 0 Å². The zero-order valence-electron chi connectivity index (χ0n) is 11.8. The minimum atomic E-state index is 0.461. The number of benzene rings is 2. The van der Waals surface area contributed by atoms with E-state index < -0.39 is 0 Å². The third-order valence-corrected chi connectivity index (χ3v) is 2.92. The van der Waals surface area contributed by atoms with E-state index >= 15 is 0 Å². The average Bonchev–Trinajstić information content (AvgIpc) is 2.50. The van der Waals surface area contributed by atoms with Crippen LogP contribution in [-0.4, -0.2) is 11.3 Å². The van der Waals surface area contributed by atoms with Gasteiger partial charge in [0, 0.05) is 11.9 Å². The molecule has 0 bridgehead atoms. The number of nitrogens with zero attached hydrogens (tertiary/aromatic N) is 1. The molecular weight excluding hydrogens is 278 g/mol. The van der Waals surface area contributed by atoms with Crippen LogP contribution in [0.4, 0.5) is 5.69 Å². The molecule has 0 spiro atoms. The second-order valence-electron chi connectivity index (χ2n) is 4.48. The summed E-state index contributed by atoms with van der Waals surface area (Å²) in [5, 5.41) is 7.56. The summed E-state index contributed by atoms with van der Waals surface area (Å²) < 4.78 is 0. The summed E-state index contributed by atoms with van der Waals surface area (Å²) in [6.07, 6.45) is 5.49. The summed E-state index contributed by atoms with van der Waals surface area (Å²) in [7, 11) is 0. The fourth-order valence-corrected chi connectivity index (χ4v) is 1.82. The van der Waals surface area contributed by atoms with Gasteiger partial charge in [0.2, 0.25) is 0 Å². The van der Waals surface area contributed by atoms with Crippen LogP contribution in [0, 0.1) is 6.92 Å². The normalized spacial score (nSPS) is 10.9. The number of hydrogen-bond donors (Lipinski definition) is 2. The van der Waals surface area contributed by atoms with Crippen molar-refractivity contribution in [2.45, 2.75) is 6.92 Å². The van der Waals surface area contributed by atoms with Crippen LogP contribution in [0.5, 0.6) is 0 Å². The molecule has 0 atom stereocenters. The van der Waals surface area contributed by atoms with Gasteiger partial charge < -0.3 is 5.32 Å². The Morgan fingerprint density at radius 3 is 2.48 bits per heavy atom. The Bertz CT molecular complexity index is 631. The van der Waals surface area contributed by atoms with Crippen molar-refractivity contribution in [3.63, 3.8) is 0 Å². The molecule has 2 N–H and O–H groups in total. The lowest BCUT2D eigenvalue weighted by atomic mass is 10.2. The van der Waals surface area contributed by atoms with E-state index in [1.54, 1.807) is 6.21 Å². The molecule has 0 unspecified atom stereocenters. The Morgan fingerprint density at radius 2 is 1.76 bits per heavy atom. The lowest BCUT2D eigenvalue weighted by Gasteiger charge is -2.06. The highest BCUT2D eigenvalue weighted by Gasteiger charge is 1.94. The summed E-state index contributed by atoms with van der Waals surface area (Å²) >= 11 is 5.15. The van der Waals surface area contributed by atoms with Crippen LogP contribution in [0.3, 0.4) is 0 Å². The van der Waals surface area contributed by atoms with Gasteiger partial charge in [-0.2, -0.15) is 5.10 Å². The smallest absolute Gasteiger partial charge is 0.191 e. The molecule has 4 heteroatoms. The minimum absolute atomic E-state index is 0.461. The van der Waals surface area contributed by atoms with E-state index in [1.807, 2.05) is 73.7 Å². The molecule has 3 nitrogen and oxygen atoms in total. The number of thiocarbonyl (C=S) groups is 1. The summed E-state index contributed by atoms with van der Waals surface area (Å²) in [6.45, 7) is 2.05. The van der Waals surface area contributed by atoms with Crippen molar-refractivity contribution in [2.24, 2.45) is 5.10 Å². The first kappa shape index (κ1) is 14.9. The molecule has 0 amide bonds. The van der Waals surface area contributed by atoms with Crippen LogP contribution in [0.25, 0.3) is 6.08 Å². The first-order valence-electron chi connectivity index (χ1n) is 6.62. The zero-order chi connectivity index (χ0) is 14.9. The zero-order valence-corrected chi connectivity index (χ0v) is 12.6. The molecule has 2 rings (SSSR count). The van der Waals surface area contributed by atoms with Gasteiger partial charge in [-0.05, 0) is 42.9 Å². The van der Waals surface area contributed by atoms with Gasteiger partial charge in [-0.3, -0.25) is 5.43 Å². The van der Waals surface area contributed by atoms with Crippen LogP contribution in [0.15, 0.2) is 65.8 Å². The Labute approximate surface area is 130 Å². The Balaban J connectivity index is 1.77. The third-order valence-electron chi connectivity index (χ3n) is 2.72. The number of nitrogens with one attached hydrogen (secondary N) is 2. The summed E-state index contributed by atoms with van der Waals surface area (Å²) in [6, 6.07) is 18.0. The largest absolute Gasteiger partial charge is 0.331 e. The van der Waals surface area contributed by atoms with E-state index in [1.165, 1.54) is 5.56 Å². The highest BCUT2D eigenvalue weighted by atomic mass is 32.1. The first-order chi connectivity index (χ1) is 10.2. The van der Waals surface area contributed by atoms with Crippen molar-refractivity contribution >= 4 is 35.3 Å². The maximum absolute atomic E-state index is 5.15.